The van der Waals surface area contributed by atoms with Gasteiger partial charge in [0, 0.05) is 37.9 Å². The molecule has 2 N–H and O–H groups in total. The molecule has 3 aromatic heterocycles. The highest BCUT2D eigenvalue weighted by atomic mass is 16.1. The lowest BCUT2D eigenvalue weighted by Crippen LogP contribution is -2.40. The van der Waals surface area contributed by atoms with Crippen LogP contribution in [0.5, 0.6) is 0 Å². The molecule has 25 heavy (non-hydrogen) atoms. The van der Waals surface area contributed by atoms with Crippen LogP contribution >= 0.6 is 0 Å². The number of piperidine rings is 1. The number of carbonyl (C=O) groups excluding carboxylic acids is 1. The highest BCUT2D eigenvalue weighted by Gasteiger charge is 2.26. The molecule has 8 nitrogen and oxygen atoms in total. The molecule has 1 aliphatic heterocycles. The van der Waals surface area contributed by atoms with Gasteiger partial charge in [0.2, 0.25) is 5.91 Å². The summed E-state index contributed by atoms with van der Waals surface area (Å²) in [5.74, 6) is 1.01. The van der Waals surface area contributed by atoms with Gasteiger partial charge in [-0.1, -0.05) is 0 Å². The Morgan fingerprint density at radius 1 is 1.20 bits per heavy atom. The summed E-state index contributed by atoms with van der Waals surface area (Å²) >= 11 is 0. The predicted molar refractivity (Wildman–Crippen MR) is 92.7 cm³/mol. The minimum Gasteiger partial charge on any atom is -0.355 e. The smallest absolute Gasteiger partial charge is 0.223 e. The molecule has 0 aromatic carbocycles. The van der Waals surface area contributed by atoms with Crippen LogP contribution in [0.1, 0.15) is 18.4 Å². The first-order valence-electron chi connectivity index (χ1n) is 8.37. The maximum atomic E-state index is 12.4. The fraction of sp³-hybridized carbons (Fsp3) is 0.353. The molecule has 1 fully saturated rings. The van der Waals surface area contributed by atoms with Crippen LogP contribution in [0.15, 0.2) is 37.2 Å². The van der Waals surface area contributed by atoms with Gasteiger partial charge in [0.1, 0.15) is 11.8 Å². The van der Waals surface area contributed by atoms with E-state index in [2.05, 4.69) is 35.1 Å². The van der Waals surface area contributed by atoms with Crippen LogP contribution in [0.3, 0.4) is 0 Å². The Morgan fingerprint density at radius 2 is 2.00 bits per heavy atom. The molecule has 0 bridgehead atoms. The van der Waals surface area contributed by atoms with E-state index in [0.29, 0.717) is 12.2 Å². The molecule has 0 saturated carbocycles. The highest BCUT2D eigenvalue weighted by molar-refractivity contribution is 5.83. The molecule has 0 spiro atoms. The zero-order valence-corrected chi connectivity index (χ0v) is 13.7. The maximum absolute atomic E-state index is 12.4. The molecule has 1 amide bonds. The molecular formula is C17H19N7O. The lowest BCUT2D eigenvalue weighted by Gasteiger charge is -2.32. The van der Waals surface area contributed by atoms with Crippen molar-refractivity contribution in [2.75, 3.05) is 18.0 Å². The number of amides is 1. The lowest BCUT2D eigenvalue weighted by molar-refractivity contribution is -0.125. The van der Waals surface area contributed by atoms with Gasteiger partial charge < -0.3 is 15.2 Å². The highest BCUT2D eigenvalue weighted by Crippen LogP contribution is 2.25. The van der Waals surface area contributed by atoms with Crippen molar-refractivity contribution in [3.05, 3.63) is 42.7 Å². The summed E-state index contributed by atoms with van der Waals surface area (Å²) in [5.41, 5.74) is 2.58. The number of hydrogen-bond acceptors (Lipinski definition) is 6. The van der Waals surface area contributed by atoms with Crippen LogP contribution < -0.4 is 10.2 Å². The Kier molecular flexibility index (Phi) is 4.24. The minimum atomic E-state index is 0.0391. The summed E-state index contributed by atoms with van der Waals surface area (Å²) in [6, 6.07) is 3.82. The van der Waals surface area contributed by atoms with E-state index in [1.165, 1.54) is 6.33 Å². The number of hydrogen-bond donors (Lipinski definition) is 2. The Balaban J connectivity index is 1.35. The molecule has 1 saturated heterocycles. The Morgan fingerprint density at radius 3 is 2.80 bits per heavy atom. The van der Waals surface area contributed by atoms with Gasteiger partial charge in [0.15, 0.2) is 11.5 Å². The van der Waals surface area contributed by atoms with Crippen molar-refractivity contribution in [3.8, 4) is 0 Å². The van der Waals surface area contributed by atoms with E-state index in [1.54, 1.807) is 18.7 Å². The van der Waals surface area contributed by atoms with Gasteiger partial charge in [-0.25, -0.2) is 15.0 Å². The number of pyridine rings is 1. The van der Waals surface area contributed by atoms with E-state index in [1.807, 2.05) is 12.1 Å². The van der Waals surface area contributed by atoms with Crippen molar-refractivity contribution in [2.24, 2.45) is 5.92 Å². The fourth-order valence-electron chi connectivity index (χ4n) is 3.18. The second-order valence-corrected chi connectivity index (χ2v) is 6.13. The Bertz CT molecular complexity index is 856. The fourth-order valence-corrected chi connectivity index (χ4v) is 3.18. The van der Waals surface area contributed by atoms with Crippen LogP contribution in [-0.4, -0.2) is 43.9 Å². The monoisotopic (exact) mass is 337 g/mol. The van der Waals surface area contributed by atoms with E-state index in [4.69, 9.17) is 0 Å². The zero-order chi connectivity index (χ0) is 17.1. The van der Waals surface area contributed by atoms with Gasteiger partial charge in [-0.05, 0) is 30.5 Å². The Labute approximate surface area is 144 Å². The summed E-state index contributed by atoms with van der Waals surface area (Å²) in [6.07, 6.45) is 8.24. The third kappa shape index (κ3) is 3.28. The van der Waals surface area contributed by atoms with Crippen LogP contribution in [0.25, 0.3) is 11.2 Å². The summed E-state index contributed by atoms with van der Waals surface area (Å²) in [4.78, 5) is 34.4. The average molecular weight is 337 g/mol. The number of aromatic amines is 1. The SMILES string of the molecule is O=C(NCc1ccncc1)C1CCN(c2ncnc3nc[nH]c23)CC1. The first kappa shape index (κ1) is 15.5. The topological polar surface area (TPSA) is 99.7 Å². The molecule has 0 atom stereocenters. The lowest BCUT2D eigenvalue weighted by atomic mass is 9.96. The van der Waals surface area contributed by atoms with E-state index in [-0.39, 0.29) is 11.8 Å². The van der Waals surface area contributed by atoms with Crippen LogP contribution in [0.4, 0.5) is 5.82 Å². The number of imidazole rings is 1. The van der Waals surface area contributed by atoms with E-state index in [9.17, 15) is 4.79 Å². The molecule has 3 aromatic rings. The van der Waals surface area contributed by atoms with Crippen LogP contribution in [-0.2, 0) is 11.3 Å². The number of anilines is 1. The third-order valence-corrected chi connectivity index (χ3v) is 4.58. The van der Waals surface area contributed by atoms with Gasteiger partial charge in [-0.15, -0.1) is 0 Å². The molecular weight excluding hydrogens is 318 g/mol. The van der Waals surface area contributed by atoms with Crippen molar-refractivity contribution in [2.45, 2.75) is 19.4 Å². The van der Waals surface area contributed by atoms with Gasteiger partial charge in [0.05, 0.1) is 6.33 Å². The van der Waals surface area contributed by atoms with Crippen LogP contribution in [0, 0.1) is 5.92 Å². The number of nitrogens with one attached hydrogen (secondary N) is 2. The Hall–Kier alpha value is -3.03. The first-order valence-corrected chi connectivity index (χ1v) is 8.37. The standard InChI is InChI=1S/C17H19N7O/c25-17(19-9-12-1-5-18-6-2-12)13-3-7-24(8-4-13)16-14-15(21-10-20-14)22-11-23-16/h1-2,5-6,10-11,13H,3-4,7-9H2,(H,19,25)(H,20,21,22,23). The van der Waals surface area contributed by atoms with Gasteiger partial charge in [-0.3, -0.25) is 9.78 Å². The van der Waals surface area contributed by atoms with Crippen molar-refractivity contribution in [1.82, 2.24) is 30.2 Å². The molecule has 0 aliphatic carbocycles. The quantitative estimate of drug-likeness (QED) is 0.744. The van der Waals surface area contributed by atoms with Crippen molar-refractivity contribution in [3.63, 3.8) is 0 Å². The van der Waals surface area contributed by atoms with E-state index >= 15 is 0 Å². The molecule has 0 unspecified atom stereocenters. The number of carbonyl (C=O) groups is 1. The van der Waals surface area contributed by atoms with Crippen molar-refractivity contribution < 1.29 is 4.79 Å². The molecule has 8 heteroatoms. The first-order chi connectivity index (χ1) is 12.3. The molecule has 0 radical (unpaired) electrons. The average Bonchev–Trinajstić information content (AvgIpc) is 3.16. The summed E-state index contributed by atoms with van der Waals surface area (Å²) in [5, 5.41) is 3.02. The molecule has 1 aliphatic rings. The largest absolute Gasteiger partial charge is 0.355 e. The number of rotatable bonds is 4. The second-order valence-electron chi connectivity index (χ2n) is 6.13. The summed E-state index contributed by atoms with van der Waals surface area (Å²) < 4.78 is 0. The van der Waals surface area contributed by atoms with Gasteiger partial charge in [-0.2, -0.15) is 0 Å². The van der Waals surface area contributed by atoms with Crippen molar-refractivity contribution in [1.29, 1.82) is 0 Å². The maximum Gasteiger partial charge on any atom is 0.223 e. The summed E-state index contributed by atoms with van der Waals surface area (Å²) in [7, 11) is 0. The van der Waals surface area contributed by atoms with Gasteiger partial charge in [0.25, 0.3) is 0 Å². The van der Waals surface area contributed by atoms with Crippen molar-refractivity contribution >= 4 is 22.9 Å². The number of nitrogens with zero attached hydrogens (tertiary/aromatic N) is 5. The normalized spacial score (nSPS) is 15.4. The number of H-pyrrole nitrogens is 1. The second kappa shape index (κ2) is 6.84. The summed E-state index contributed by atoms with van der Waals surface area (Å²) in [6.45, 7) is 2.12. The van der Waals surface area contributed by atoms with E-state index < -0.39 is 0 Å². The minimum absolute atomic E-state index is 0.0391. The molecule has 4 rings (SSSR count). The molecule has 128 valence electrons. The van der Waals surface area contributed by atoms with Crippen LogP contribution in [0.2, 0.25) is 0 Å². The third-order valence-electron chi connectivity index (χ3n) is 4.58. The predicted octanol–water partition coefficient (Wildman–Crippen LogP) is 1.28. The number of aromatic nitrogens is 5. The molecule has 4 heterocycles. The van der Waals surface area contributed by atoms with Gasteiger partial charge >= 0.3 is 0 Å². The van der Waals surface area contributed by atoms with E-state index in [0.717, 1.165) is 42.8 Å². The zero-order valence-electron chi connectivity index (χ0n) is 13.7. The number of fused-ring (bicyclic) bond motifs is 1.